The van der Waals surface area contributed by atoms with Crippen LogP contribution in [0.2, 0.25) is 0 Å². The van der Waals surface area contributed by atoms with Crippen LogP contribution in [-0.4, -0.2) is 37.1 Å². The van der Waals surface area contributed by atoms with E-state index in [9.17, 15) is 4.79 Å². The normalized spacial score (nSPS) is 16.3. The molecule has 1 saturated heterocycles. The Morgan fingerprint density at radius 3 is 2.56 bits per heavy atom. The quantitative estimate of drug-likeness (QED) is 0.895. The minimum Gasteiger partial charge on any atom is -0.390 e. The summed E-state index contributed by atoms with van der Waals surface area (Å²) in [5, 5.41) is 0.646. The molecular weight excluding hydrogens is 248 g/mol. The van der Waals surface area contributed by atoms with Gasteiger partial charge < -0.3 is 15.4 Å². The topological polar surface area (TPSA) is 55.6 Å². The molecule has 0 atom stereocenters. The van der Waals surface area contributed by atoms with Gasteiger partial charge >= 0.3 is 0 Å². The van der Waals surface area contributed by atoms with Gasteiger partial charge in [0, 0.05) is 18.0 Å². The Labute approximate surface area is 112 Å². The molecule has 0 unspecified atom stereocenters. The lowest BCUT2D eigenvalue weighted by molar-refractivity contribution is 0.0303. The molecule has 5 heteroatoms. The Morgan fingerprint density at radius 2 is 2.00 bits per heavy atom. The van der Waals surface area contributed by atoms with Crippen molar-refractivity contribution in [3.05, 3.63) is 16.0 Å². The summed E-state index contributed by atoms with van der Waals surface area (Å²) < 4.78 is 5.28. The summed E-state index contributed by atoms with van der Waals surface area (Å²) in [4.78, 5) is 15.5. The monoisotopic (exact) mass is 268 g/mol. The Morgan fingerprint density at radius 1 is 1.39 bits per heavy atom. The third kappa shape index (κ3) is 2.37. The van der Waals surface area contributed by atoms with Crippen molar-refractivity contribution in [1.29, 1.82) is 0 Å². The van der Waals surface area contributed by atoms with Crippen LogP contribution in [0.5, 0.6) is 0 Å². The molecule has 2 N–H and O–H groups in total. The van der Waals surface area contributed by atoms with Crippen LogP contribution in [0.4, 0.5) is 5.00 Å². The number of anilines is 1. The molecule has 18 heavy (non-hydrogen) atoms. The van der Waals surface area contributed by atoms with E-state index in [0.717, 1.165) is 16.0 Å². The minimum atomic E-state index is 0.0591. The van der Waals surface area contributed by atoms with Gasteiger partial charge in [0.25, 0.3) is 5.91 Å². The number of nitrogens with two attached hydrogens (primary N) is 1. The molecule has 0 radical (unpaired) electrons. The Hall–Kier alpha value is -1.07. The molecule has 2 heterocycles. The second kappa shape index (κ2) is 5.28. The summed E-state index contributed by atoms with van der Waals surface area (Å²) in [6, 6.07) is 0. The summed E-state index contributed by atoms with van der Waals surface area (Å²) in [6.45, 7) is 8.79. The third-order valence-electron chi connectivity index (χ3n) is 3.25. The molecule has 1 fully saturated rings. The molecule has 1 amide bonds. The van der Waals surface area contributed by atoms with Gasteiger partial charge in [0.2, 0.25) is 0 Å². The van der Waals surface area contributed by atoms with Crippen LogP contribution in [0.15, 0.2) is 0 Å². The number of carbonyl (C=O) groups is 1. The zero-order valence-electron chi connectivity index (χ0n) is 11.2. The number of morpholine rings is 1. The fraction of sp³-hybridized carbons (Fsp3) is 0.615. The molecule has 100 valence electrons. The SMILES string of the molecule is Cc1sc(N)c(C(=O)N2CCOCC2)c1C(C)C. The van der Waals surface area contributed by atoms with Gasteiger partial charge in [0.1, 0.15) is 0 Å². The van der Waals surface area contributed by atoms with Crippen LogP contribution in [0, 0.1) is 6.92 Å². The lowest BCUT2D eigenvalue weighted by atomic mass is 9.98. The van der Waals surface area contributed by atoms with Crippen LogP contribution < -0.4 is 5.73 Å². The van der Waals surface area contributed by atoms with Gasteiger partial charge in [-0.1, -0.05) is 13.8 Å². The maximum absolute atomic E-state index is 12.6. The lowest BCUT2D eigenvalue weighted by Gasteiger charge is -2.27. The molecular formula is C13H20N2O2S. The highest BCUT2D eigenvalue weighted by Gasteiger charge is 2.27. The Kier molecular flexibility index (Phi) is 3.92. The number of carbonyl (C=O) groups excluding carboxylic acids is 1. The Balaban J connectivity index is 2.34. The highest BCUT2D eigenvalue weighted by Crippen LogP contribution is 2.36. The highest BCUT2D eigenvalue weighted by atomic mass is 32.1. The van der Waals surface area contributed by atoms with Crippen molar-refractivity contribution in [3.8, 4) is 0 Å². The van der Waals surface area contributed by atoms with Gasteiger partial charge in [-0.2, -0.15) is 0 Å². The first kappa shape index (κ1) is 13.4. The Bertz CT molecular complexity index is 448. The number of amides is 1. The summed E-state index contributed by atoms with van der Waals surface area (Å²) in [6.07, 6.45) is 0. The van der Waals surface area contributed by atoms with Gasteiger partial charge in [-0.25, -0.2) is 0 Å². The summed E-state index contributed by atoms with van der Waals surface area (Å²) >= 11 is 1.52. The molecule has 1 aliphatic rings. The van der Waals surface area contributed by atoms with Gasteiger partial charge in [-0.15, -0.1) is 11.3 Å². The maximum Gasteiger partial charge on any atom is 0.257 e. The fourth-order valence-corrected chi connectivity index (χ4v) is 3.50. The van der Waals surface area contributed by atoms with E-state index in [-0.39, 0.29) is 5.91 Å². The van der Waals surface area contributed by atoms with Crippen LogP contribution in [0.3, 0.4) is 0 Å². The predicted octanol–water partition coefficient (Wildman–Crippen LogP) is 2.23. The van der Waals surface area contributed by atoms with Gasteiger partial charge in [0.15, 0.2) is 0 Å². The van der Waals surface area contributed by atoms with Gasteiger partial charge in [0.05, 0.1) is 23.8 Å². The van der Waals surface area contributed by atoms with E-state index >= 15 is 0 Å². The molecule has 0 aromatic carbocycles. The number of rotatable bonds is 2. The number of nitrogen functional groups attached to an aromatic ring is 1. The van der Waals surface area contributed by atoms with Gasteiger partial charge in [-0.05, 0) is 18.4 Å². The summed E-state index contributed by atoms with van der Waals surface area (Å²) in [5.41, 5.74) is 7.85. The van der Waals surface area contributed by atoms with Crippen molar-refractivity contribution in [1.82, 2.24) is 4.90 Å². The van der Waals surface area contributed by atoms with Crippen LogP contribution >= 0.6 is 11.3 Å². The highest BCUT2D eigenvalue weighted by molar-refractivity contribution is 7.16. The van der Waals surface area contributed by atoms with Crippen molar-refractivity contribution in [2.24, 2.45) is 0 Å². The molecule has 1 aromatic rings. The summed E-state index contributed by atoms with van der Waals surface area (Å²) in [5.74, 6) is 0.377. The molecule has 0 aliphatic carbocycles. The number of aryl methyl sites for hydroxylation is 1. The number of hydrogen-bond acceptors (Lipinski definition) is 4. The van der Waals surface area contributed by atoms with Crippen molar-refractivity contribution >= 4 is 22.2 Å². The number of nitrogens with zero attached hydrogens (tertiary/aromatic N) is 1. The van der Waals surface area contributed by atoms with E-state index in [0.29, 0.717) is 37.2 Å². The molecule has 1 aromatic heterocycles. The average Bonchev–Trinajstić information content (AvgIpc) is 2.64. The molecule has 4 nitrogen and oxygen atoms in total. The van der Waals surface area contributed by atoms with E-state index in [4.69, 9.17) is 10.5 Å². The standard InChI is InChI=1S/C13H20N2O2S/c1-8(2)10-9(3)18-12(14)11(10)13(16)15-4-6-17-7-5-15/h8H,4-7,14H2,1-3H3. The number of thiophene rings is 1. The first-order valence-electron chi connectivity index (χ1n) is 6.28. The van der Waals surface area contributed by atoms with Gasteiger partial charge in [-0.3, -0.25) is 4.79 Å². The fourth-order valence-electron chi connectivity index (χ4n) is 2.42. The molecule has 0 bridgehead atoms. The number of hydrogen-bond donors (Lipinski definition) is 1. The van der Waals surface area contributed by atoms with Crippen molar-refractivity contribution < 1.29 is 9.53 Å². The second-order valence-corrected chi connectivity index (χ2v) is 6.13. The largest absolute Gasteiger partial charge is 0.390 e. The van der Waals surface area contributed by atoms with Crippen molar-refractivity contribution in [2.45, 2.75) is 26.7 Å². The first-order chi connectivity index (χ1) is 8.52. The first-order valence-corrected chi connectivity index (χ1v) is 7.09. The van der Waals surface area contributed by atoms with E-state index in [2.05, 4.69) is 13.8 Å². The van der Waals surface area contributed by atoms with Crippen LogP contribution in [0.25, 0.3) is 0 Å². The maximum atomic E-state index is 12.6. The smallest absolute Gasteiger partial charge is 0.257 e. The van der Waals surface area contributed by atoms with Crippen molar-refractivity contribution in [2.75, 3.05) is 32.0 Å². The second-order valence-electron chi connectivity index (χ2n) is 4.87. The lowest BCUT2D eigenvalue weighted by Crippen LogP contribution is -2.41. The van der Waals surface area contributed by atoms with E-state index in [1.165, 1.54) is 11.3 Å². The molecule has 2 rings (SSSR count). The van der Waals surface area contributed by atoms with E-state index < -0.39 is 0 Å². The molecule has 0 saturated carbocycles. The van der Waals surface area contributed by atoms with E-state index in [1.54, 1.807) is 0 Å². The third-order valence-corrected chi connectivity index (χ3v) is 4.20. The molecule has 1 aliphatic heterocycles. The zero-order valence-corrected chi connectivity index (χ0v) is 12.0. The summed E-state index contributed by atoms with van der Waals surface area (Å²) in [7, 11) is 0. The minimum absolute atomic E-state index is 0.0591. The number of ether oxygens (including phenoxy) is 1. The van der Waals surface area contributed by atoms with Crippen LogP contribution in [-0.2, 0) is 4.74 Å². The molecule has 0 spiro atoms. The zero-order chi connectivity index (χ0) is 13.3. The van der Waals surface area contributed by atoms with E-state index in [1.807, 2.05) is 11.8 Å². The van der Waals surface area contributed by atoms with Crippen LogP contribution in [0.1, 0.15) is 40.6 Å². The predicted molar refractivity (Wildman–Crippen MR) is 74.3 cm³/mol. The average molecular weight is 268 g/mol. The van der Waals surface area contributed by atoms with Crippen molar-refractivity contribution in [3.63, 3.8) is 0 Å².